The van der Waals surface area contributed by atoms with Crippen LogP contribution < -0.4 is 10.6 Å². The Morgan fingerprint density at radius 3 is 2.42 bits per heavy atom. The Labute approximate surface area is 148 Å². The summed E-state index contributed by atoms with van der Waals surface area (Å²) in [4.78, 5) is 38.8. The highest BCUT2D eigenvalue weighted by atomic mass is 16.5. The Morgan fingerprint density at radius 1 is 1.04 bits per heavy atom. The molecule has 0 aliphatic rings. The van der Waals surface area contributed by atoms with Crippen LogP contribution in [0.25, 0.3) is 11.1 Å². The molecule has 132 valence electrons. The number of aromatic nitrogens is 1. The average Bonchev–Trinajstić information content (AvgIpc) is 3.08. The Morgan fingerprint density at radius 2 is 1.73 bits per heavy atom. The maximum absolute atomic E-state index is 12.0. The number of anilines is 2. The first kappa shape index (κ1) is 17.2. The quantitative estimate of drug-likeness (QED) is 0.682. The van der Waals surface area contributed by atoms with Gasteiger partial charge in [-0.1, -0.05) is 0 Å². The first-order chi connectivity index (χ1) is 12.5. The number of esters is 1. The van der Waals surface area contributed by atoms with Crippen LogP contribution in [0.3, 0.4) is 0 Å². The summed E-state index contributed by atoms with van der Waals surface area (Å²) in [6.07, 6.45) is 1.28. The highest BCUT2D eigenvalue weighted by molar-refractivity contribution is 5.97. The lowest BCUT2D eigenvalue weighted by molar-refractivity contribution is -0.119. The van der Waals surface area contributed by atoms with Crippen LogP contribution in [0.4, 0.5) is 11.4 Å². The van der Waals surface area contributed by atoms with Crippen molar-refractivity contribution < 1.29 is 23.5 Å². The number of hydrogen-bond donors (Lipinski definition) is 2. The van der Waals surface area contributed by atoms with Gasteiger partial charge in [-0.05, 0) is 42.5 Å². The fourth-order valence-electron chi connectivity index (χ4n) is 2.23. The molecule has 0 fully saturated rings. The largest absolute Gasteiger partial charge is 0.452 e. The highest BCUT2D eigenvalue weighted by Gasteiger charge is 2.12. The summed E-state index contributed by atoms with van der Waals surface area (Å²) < 4.78 is 10.1. The van der Waals surface area contributed by atoms with Gasteiger partial charge in [0.25, 0.3) is 5.91 Å². The number of ether oxygens (including phenoxy) is 1. The van der Waals surface area contributed by atoms with Gasteiger partial charge in [0.05, 0.1) is 5.56 Å². The molecule has 0 aliphatic carbocycles. The third-order valence-corrected chi connectivity index (χ3v) is 3.39. The number of rotatable bonds is 5. The second-order valence-electron chi connectivity index (χ2n) is 5.42. The van der Waals surface area contributed by atoms with Crippen molar-refractivity contribution in [3.05, 3.63) is 54.4 Å². The first-order valence-corrected chi connectivity index (χ1v) is 7.69. The fraction of sp³-hybridized carbons (Fsp3) is 0.111. The molecule has 3 rings (SSSR count). The molecule has 0 atom stereocenters. The lowest BCUT2D eigenvalue weighted by Crippen LogP contribution is -2.20. The first-order valence-electron chi connectivity index (χ1n) is 7.69. The van der Waals surface area contributed by atoms with Gasteiger partial charge >= 0.3 is 5.97 Å². The van der Waals surface area contributed by atoms with Crippen molar-refractivity contribution in [2.45, 2.75) is 6.92 Å². The van der Waals surface area contributed by atoms with E-state index in [4.69, 9.17) is 9.15 Å². The van der Waals surface area contributed by atoms with E-state index >= 15 is 0 Å². The van der Waals surface area contributed by atoms with E-state index in [1.165, 1.54) is 19.4 Å². The summed E-state index contributed by atoms with van der Waals surface area (Å²) in [6, 6.07) is 11.2. The van der Waals surface area contributed by atoms with E-state index in [2.05, 4.69) is 15.6 Å². The standard InChI is InChI=1S/C18H15N3O5/c1-11(22)20-13-3-5-14(6-4-13)21-17(23)9-25-18(24)12-2-7-15-16(8-12)26-10-19-15/h2-8,10H,9H2,1H3,(H,20,22)(H,21,23). The Balaban J connectivity index is 1.53. The number of fused-ring (bicyclic) bond motifs is 1. The number of nitrogens with one attached hydrogen (secondary N) is 2. The number of nitrogens with zero attached hydrogens (tertiary/aromatic N) is 1. The molecule has 8 heteroatoms. The third kappa shape index (κ3) is 4.23. The molecule has 0 saturated heterocycles. The van der Waals surface area contributed by atoms with Gasteiger partial charge in [0, 0.05) is 18.3 Å². The van der Waals surface area contributed by atoms with Crippen molar-refractivity contribution >= 4 is 40.3 Å². The number of benzene rings is 2. The van der Waals surface area contributed by atoms with E-state index < -0.39 is 18.5 Å². The zero-order valence-electron chi connectivity index (χ0n) is 13.8. The number of amides is 2. The molecule has 2 amide bonds. The van der Waals surface area contributed by atoms with E-state index in [0.29, 0.717) is 22.5 Å². The van der Waals surface area contributed by atoms with Crippen LogP contribution in [-0.4, -0.2) is 29.4 Å². The van der Waals surface area contributed by atoms with Crippen molar-refractivity contribution in [1.29, 1.82) is 0 Å². The van der Waals surface area contributed by atoms with Gasteiger partial charge in [0.1, 0.15) is 5.52 Å². The lowest BCUT2D eigenvalue weighted by Gasteiger charge is -2.08. The van der Waals surface area contributed by atoms with Crippen LogP contribution in [0, 0.1) is 0 Å². The summed E-state index contributed by atoms with van der Waals surface area (Å²) in [6.45, 7) is 0.977. The molecule has 1 aromatic heterocycles. The van der Waals surface area contributed by atoms with E-state index in [1.807, 2.05) is 0 Å². The maximum Gasteiger partial charge on any atom is 0.338 e. The fourth-order valence-corrected chi connectivity index (χ4v) is 2.23. The number of oxazole rings is 1. The van der Waals surface area contributed by atoms with Crippen molar-refractivity contribution in [3.8, 4) is 0 Å². The summed E-state index contributed by atoms with van der Waals surface area (Å²) in [5.41, 5.74) is 2.49. The molecule has 0 unspecified atom stereocenters. The molecule has 2 aromatic carbocycles. The number of carbonyl (C=O) groups is 3. The average molecular weight is 353 g/mol. The van der Waals surface area contributed by atoms with Crippen molar-refractivity contribution in [3.63, 3.8) is 0 Å². The minimum Gasteiger partial charge on any atom is -0.452 e. The second-order valence-corrected chi connectivity index (χ2v) is 5.42. The van der Waals surface area contributed by atoms with E-state index in [9.17, 15) is 14.4 Å². The maximum atomic E-state index is 12.0. The number of carbonyl (C=O) groups excluding carboxylic acids is 3. The van der Waals surface area contributed by atoms with Crippen LogP contribution in [0.2, 0.25) is 0 Å². The van der Waals surface area contributed by atoms with Gasteiger partial charge in [0.15, 0.2) is 18.6 Å². The molecule has 1 heterocycles. The summed E-state index contributed by atoms with van der Waals surface area (Å²) in [5, 5.41) is 5.22. The summed E-state index contributed by atoms with van der Waals surface area (Å²) >= 11 is 0. The minimum atomic E-state index is -0.639. The molecule has 0 bridgehead atoms. The van der Waals surface area contributed by atoms with Crippen LogP contribution in [0.1, 0.15) is 17.3 Å². The predicted octanol–water partition coefficient (Wildman–Crippen LogP) is 2.58. The summed E-state index contributed by atoms with van der Waals surface area (Å²) in [7, 11) is 0. The third-order valence-electron chi connectivity index (χ3n) is 3.39. The molecule has 3 aromatic rings. The van der Waals surface area contributed by atoms with Gasteiger partial charge in [0.2, 0.25) is 5.91 Å². The van der Waals surface area contributed by atoms with Gasteiger partial charge in [-0.25, -0.2) is 9.78 Å². The highest BCUT2D eigenvalue weighted by Crippen LogP contribution is 2.15. The van der Waals surface area contributed by atoms with Gasteiger partial charge in [-0.3, -0.25) is 9.59 Å². The van der Waals surface area contributed by atoms with Crippen molar-refractivity contribution in [2.75, 3.05) is 17.2 Å². The van der Waals surface area contributed by atoms with Crippen molar-refractivity contribution in [1.82, 2.24) is 4.98 Å². The zero-order chi connectivity index (χ0) is 18.5. The molecule has 0 aliphatic heterocycles. The monoisotopic (exact) mass is 353 g/mol. The SMILES string of the molecule is CC(=O)Nc1ccc(NC(=O)COC(=O)c2ccc3ncoc3c2)cc1. The Hall–Kier alpha value is -3.68. The summed E-state index contributed by atoms with van der Waals surface area (Å²) in [5.74, 6) is -1.30. The predicted molar refractivity (Wildman–Crippen MR) is 93.7 cm³/mol. The molecule has 0 radical (unpaired) electrons. The van der Waals surface area contributed by atoms with Crippen LogP contribution in [0.15, 0.2) is 53.3 Å². The molecule has 0 saturated carbocycles. The molecular weight excluding hydrogens is 338 g/mol. The zero-order valence-corrected chi connectivity index (χ0v) is 13.8. The molecule has 0 spiro atoms. The second kappa shape index (κ2) is 7.47. The molecule has 26 heavy (non-hydrogen) atoms. The van der Waals surface area contributed by atoms with Gasteiger partial charge in [-0.2, -0.15) is 0 Å². The molecule has 2 N–H and O–H groups in total. The lowest BCUT2D eigenvalue weighted by atomic mass is 10.2. The Bertz CT molecular complexity index is 962. The van der Waals surface area contributed by atoms with Crippen LogP contribution in [-0.2, 0) is 14.3 Å². The minimum absolute atomic E-state index is 0.183. The van der Waals surface area contributed by atoms with Crippen LogP contribution >= 0.6 is 0 Å². The normalized spacial score (nSPS) is 10.3. The van der Waals surface area contributed by atoms with Crippen LogP contribution in [0.5, 0.6) is 0 Å². The van der Waals surface area contributed by atoms with E-state index in [1.54, 1.807) is 36.4 Å². The number of hydrogen-bond acceptors (Lipinski definition) is 6. The molecular formula is C18H15N3O5. The van der Waals surface area contributed by atoms with E-state index in [-0.39, 0.29) is 11.5 Å². The Kier molecular flexibility index (Phi) is 4.93. The molecule has 8 nitrogen and oxygen atoms in total. The van der Waals surface area contributed by atoms with Gasteiger partial charge < -0.3 is 19.8 Å². The smallest absolute Gasteiger partial charge is 0.338 e. The van der Waals surface area contributed by atoms with Crippen molar-refractivity contribution in [2.24, 2.45) is 0 Å². The topological polar surface area (TPSA) is 111 Å². The van der Waals surface area contributed by atoms with E-state index in [0.717, 1.165) is 0 Å². The van der Waals surface area contributed by atoms with Gasteiger partial charge in [-0.15, -0.1) is 0 Å².